The normalized spacial score (nSPS) is 16.3. The van der Waals surface area contributed by atoms with E-state index in [1.165, 1.54) is 0 Å². The molecule has 2 aliphatic rings. The number of hydrogen-bond acceptors (Lipinski definition) is 6. The number of nitrogens with zero attached hydrogens (tertiary/aromatic N) is 2. The van der Waals surface area contributed by atoms with Crippen molar-refractivity contribution in [2.45, 2.75) is 25.4 Å². The number of carboxylic acids is 1. The Morgan fingerprint density at radius 1 is 1.41 bits per heavy atom. The highest BCUT2D eigenvalue weighted by atomic mass is 35.5. The molecule has 4 rings (SSSR count). The monoisotopic (exact) mass is 415 g/mol. The van der Waals surface area contributed by atoms with Gasteiger partial charge in [-0.05, 0) is 24.4 Å². The molecule has 0 amide bonds. The summed E-state index contributed by atoms with van der Waals surface area (Å²) in [6.07, 6.45) is 4.38. The quantitative estimate of drug-likeness (QED) is 0.637. The third kappa shape index (κ3) is 4.49. The van der Waals surface area contributed by atoms with Crippen LogP contribution in [0.5, 0.6) is 11.5 Å². The molecule has 146 valence electrons. The van der Waals surface area contributed by atoms with Gasteiger partial charge in [0, 0.05) is 31.5 Å². The molecule has 1 aromatic heterocycles. The third-order valence-electron chi connectivity index (χ3n) is 4.50. The first-order chi connectivity index (χ1) is 12.1. The van der Waals surface area contributed by atoms with Gasteiger partial charge in [-0.3, -0.25) is 4.90 Å². The SMILES string of the molecule is Cl.Cl.O=C(O)c1c(OC2CN(Cc3cnc[nH]3)C2)ccc2c1OB(O)CC2. The molecule has 0 bridgehead atoms. The average molecular weight is 416 g/mol. The number of benzene rings is 1. The van der Waals surface area contributed by atoms with Crippen LogP contribution in [0.25, 0.3) is 0 Å². The van der Waals surface area contributed by atoms with Gasteiger partial charge >= 0.3 is 13.1 Å². The number of nitrogens with one attached hydrogen (secondary N) is 1. The molecule has 0 saturated carbocycles. The molecule has 2 aliphatic heterocycles. The molecule has 1 aromatic carbocycles. The summed E-state index contributed by atoms with van der Waals surface area (Å²) in [6.45, 7) is 2.17. The van der Waals surface area contributed by atoms with Crippen LogP contribution in [-0.4, -0.2) is 57.3 Å². The number of halogens is 2. The number of rotatable bonds is 5. The number of hydrogen-bond donors (Lipinski definition) is 3. The molecule has 27 heavy (non-hydrogen) atoms. The summed E-state index contributed by atoms with van der Waals surface area (Å²) in [4.78, 5) is 20.9. The van der Waals surface area contributed by atoms with Gasteiger partial charge in [0.25, 0.3) is 0 Å². The van der Waals surface area contributed by atoms with Crippen LogP contribution < -0.4 is 9.39 Å². The molecule has 11 heteroatoms. The van der Waals surface area contributed by atoms with Gasteiger partial charge in [-0.1, -0.05) is 6.07 Å². The molecule has 0 unspecified atom stereocenters. The minimum atomic E-state index is -1.12. The van der Waals surface area contributed by atoms with Crippen molar-refractivity contribution in [3.05, 3.63) is 41.5 Å². The van der Waals surface area contributed by atoms with Crippen molar-refractivity contribution in [1.82, 2.24) is 14.9 Å². The Morgan fingerprint density at radius 3 is 2.85 bits per heavy atom. The summed E-state index contributed by atoms with van der Waals surface area (Å²) >= 11 is 0. The molecule has 0 atom stereocenters. The maximum Gasteiger partial charge on any atom is 0.522 e. The number of imidazole rings is 1. The van der Waals surface area contributed by atoms with Gasteiger partial charge in [0.05, 0.1) is 6.33 Å². The molecule has 0 aliphatic carbocycles. The van der Waals surface area contributed by atoms with Crippen LogP contribution >= 0.6 is 24.8 Å². The van der Waals surface area contributed by atoms with Crippen LogP contribution in [0.15, 0.2) is 24.7 Å². The van der Waals surface area contributed by atoms with E-state index in [-0.39, 0.29) is 48.0 Å². The lowest BCUT2D eigenvalue weighted by Gasteiger charge is -2.39. The fourth-order valence-corrected chi connectivity index (χ4v) is 3.23. The molecule has 0 spiro atoms. The number of aromatic carboxylic acids is 1. The van der Waals surface area contributed by atoms with Crippen LogP contribution in [0, 0.1) is 0 Å². The molecule has 1 saturated heterocycles. The van der Waals surface area contributed by atoms with Crippen molar-refractivity contribution in [1.29, 1.82) is 0 Å². The maximum absolute atomic E-state index is 11.7. The van der Waals surface area contributed by atoms with E-state index in [2.05, 4.69) is 14.9 Å². The first kappa shape index (κ1) is 21.4. The Morgan fingerprint density at radius 2 is 2.19 bits per heavy atom. The van der Waals surface area contributed by atoms with E-state index in [0.717, 1.165) is 17.8 Å². The van der Waals surface area contributed by atoms with Crippen molar-refractivity contribution >= 4 is 37.9 Å². The van der Waals surface area contributed by atoms with Crippen molar-refractivity contribution in [2.75, 3.05) is 13.1 Å². The Balaban J connectivity index is 0.00000131. The molecule has 3 N–H and O–H groups in total. The summed E-state index contributed by atoms with van der Waals surface area (Å²) in [5.41, 5.74) is 1.80. The summed E-state index contributed by atoms with van der Waals surface area (Å²) < 4.78 is 11.2. The zero-order valence-corrected chi connectivity index (χ0v) is 16.0. The van der Waals surface area contributed by atoms with E-state index < -0.39 is 13.1 Å². The van der Waals surface area contributed by atoms with Crippen molar-refractivity contribution in [3.63, 3.8) is 0 Å². The second-order valence-corrected chi connectivity index (χ2v) is 6.35. The van der Waals surface area contributed by atoms with Crippen molar-refractivity contribution in [3.8, 4) is 11.5 Å². The van der Waals surface area contributed by atoms with Gasteiger partial charge in [-0.2, -0.15) is 0 Å². The predicted octanol–water partition coefficient (Wildman–Crippen LogP) is 1.63. The minimum Gasteiger partial charge on any atom is -0.535 e. The number of aryl methyl sites for hydroxylation is 1. The maximum atomic E-state index is 11.7. The second-order valence-electron chi connectivity index (χ2n) is 6.35. The first-order valence-corrected chi connectivity index (χ1v) is 8.20. The van der Waals surface area contributed by atoms with E-state index in [0.29, 0.717) is 25.8 Å². The Bertz CT molecular complexity index is 787. The molecule has 3 heterocycles. The van der Waals surface area contributed by atoms with Gasteiger partial charge in [-0.15, -0.1) is 24.8 Å². The molecule has 8 nitrogen and oxygen atoms in total. The van der Waals surface area contributed by atoms with Crippen LogP contribution in [0.2, 0.25) is 6.32 Å². The van der Waals surface area contributed by atoms with Gasteiger partial charge in [-0.25, -0.2) is 9.78 Å². The average Bonchev–Trinajstić information content (AvgIpc) is 3.05. The molecular weight excluding hydrogens is 396 g/mol. The Hall–Kier alpha value is -1.94. The van der Waals surface area contributed by atoms with Crippen LogP contribution in [0.1, 0.15) is 21.6 Å². The minimum absolute atomic E-state index is 0. The lowest BCUT2D eigenvalue weighted by molar-refractivity contribution is 0.0128. The number of likely N-dealkylation sites (tertiary alicyclic amines) is 1. The first-order valence-electron chi connectivity index (χ1n) is 8.20. The predicted molar refractivity (Wildman–Crippen MR) is 103 cm³/mol. The van der Waals surface area contributed by atoms with E-state index in [1.807, 2.05) is 6.07 Å². The highest BCUT2D eigenvalue weighted by molar-refractivity contribution is 6.44. The number of carboxylic acid groups (broad SMARTS) is 1. The summed E-state index contributed by atoms with van der Waals surface area (Å²) in [6, 6.07) is 3.49. The fourth-order valence-electron chi connectivity index (χ4n) is 3.23. The number of aromatic amines is 1. The number of H-pyrrole nitrogens is 1. The summed E-state index contributed by atoms with van der Waals surface area (Å²) in [5.74, 6) is -0.612. The van der Waals surface area contributed by atoms with Gasteiger partial charge < -0.3 is 24.5 Å². The topological polar surface area (TPSA) is 108 Å². The summed E-state index contributed by atoms with van der Waals surface area (Å²) in [7, 11) is -0.977. The second kappa shape index (κ2) is 8.84. The van der Waals surface area contributed by atoms with Gasteiger partial charge in [0.1, 0.15) is 23.2 Å². The van der Waals surface area contributed by atoms with Crippen LogP contribution in [-0.2, 0) is 13.0 Å². The number of fused-ring (bicyclic) bond motifs is 1. The zero-order chi connectivity index (χ0) is 17.4. The molecule has 1 fully saturated rings. The molecule has 0 radical (unpaired) electrons. The van der Waals surface area contributed by atoms with E-state index in [9.17, 15) is 14.9 Å². The highest BCUT2D eigenvalue weighted by Crippen LogP contribution is 2.37. The number of carbonyl (C=O) groups is 1. The fraction of sp³-hybridized carbons (Fsp3) is 0.375. The number of aromatic nitrogens is 2. The Kier molecular flexibility index (Phi) is 6.99. The largest absolute Gasteiger partial charge is 0.535 e. The van der Waals surface area contributed by atoms with Gasteiger partial charge in [0.2, 0.25) is 0 Å². The number of ether oxygens (including phenoxy) is 1. The third-order valence-corrected chi connectivity index (χ3v) is 4.50. The van der Waals surface area contributed by atoms with Crippen LogP contribution in [0.3, 0.4) is 0 Å². The summed E-state index contributed by atoms with van der Waals surface area (Å²) in [5, 5.41) is 19.3. The highest BCUT2D eigenvalue weighted by Gasteiger charge is 2.33. The molecular formula is C16H20BCl2N3O5. The lowest BCUT2D eigenvalue weighted by atomic mass is 9.78. The zero-order valence-electron chi connectivity index (χ0n) is 14.3. The van der Waals surface area contributed by atoms with E-state index in [4.69, 9.17) is 9.39 Å². The lowest BCUT2D eigenvalue weighted by Crippen LogP contribution is -2.53. The standard InChI is InChI=1S/C16H18BN3O5.2ClH/c21-16(22)14-13(2-1-10-3-4-17(23)25-15(10)14)24-12-7-20(8-12)6-11-5-18-9-19-11;;/h1-2,5,9,12,23H,3-4,6-8H2,(H,18,19)(H,21,22);2*1H. The smallest absolute Gasteiger partial charge is 0.522 e. The van der Waals surface area contributed by atoms with Crippen molar-refractivity contribution in [2.24, 2.45) is 0 Å². The Labute approximate surface area is 168 Å². The van der Waals surface area contributed by atoms with Crippen LogP contribution in [0.4, 0.5) is 0 Å². The molecule has 2 aromatic rings. The van der Waals surface area contributed by atoms with Crippen molar-refractivity contribution < 1.29 is 24.3 Å². The van der Waals surface area contributed by atoms with E-state index in [1.54, 1.807) is 18.6 Å². The van der Waals surface area contributed by atoms with E-state index >= 15 is 0 Å². The van der Waals surface area contributed by atoms with Gasteiger partial charge in [0.15, 0.2) is 0 Å².